The molecule has 0 saturated heterocycles. The fraction of sp³-hybridized carbons (Fsp3) is 1.00. The summed E-state index contributed by atoms with van der Waals surface area (Å²) in [5.74, 6) is 0. The molecule has 0 rings (SSSR count). The van der Waals surface area contributed by atoms with Gasteiger partial charge in [-0.15, -0.1) is 0 Å². The molecule has 0 amide bonds. The van der Waals surface area contributed by atoms with Crippen LogP contribution in [0.5, 0.6) is 0 Å². The van der Waals surface area contributed by atoms with Crippen LogP contribution in [0.3, 0.4) is 0 Å². The van der Waals surface area contributed by atoms with E-state index < -0.39 is 0 Å². The van der Waals surface area contributed by atoms with Crippen molar-refractivity contribution < 1.29 is 18.9 Å². The zero-order valence-electron chi connectivity index (χ0n) is 14.5. The van der Waals surface area contributed by atoms with Gasteiger partial charge in [0.15, 0.2) is 0 Å². The molecular formula is C16H35NO4. The van der Waals surface area contributed by atoms with Gasteiger partial charge in [-0.25, -0.2) is 0 Å². The first-order valence-electron chi connectivity index (χ1n) is 8.06. The third-order valence-electron chi connectivity index (χ3n) is 3.01. The molecule has 0 fully saturated rings. The number of ether oxygens (including phenoxy) is 4. The number of rotatable bonds is 14. The Morgan fingerprint density at radius 2 is 1.76 bits per heavy atom. The molecule has 0 radical (unpaired) electrons. The van der Waals surface area contributed by atoms with Gasteiger partial charge in [0.1, 0.15) is 6.10 Å². The second-order valence-electron chi connectivity index (χ2n) is 6.03. The van der Waals surface area contributed by atoms with E-state index in [0.29, 0.717) is 39.6 Å². The van der Waals surface area contributed by atoms with E-state index in [9.17, 15) is 0 Å². The molecule has 0 spiro atoms. The Morgan fingerprint density at radius 1 is 1.05 bits per heavy atom. The molecule has 2 N–H and O–H groups in total. The van der Waals surface area contributed by atoms with Crippen LogP contribution in [0, 0.1) is 0 Å². The van der Waals surface area contributed by atoms with Gasteiger partial charge in [-0.05, 0) is 54.0 Å². The van der Waals surface area contributed by atoms with Gasteiger partial charge in [-0.1, -0.05) is 0 Å². The molecule has 0 aromatic carbocycles. The van der Waals surface area contributed by atoms with Gasteiger partial charge < -0.3 is 24.7 Å². The van der Waals surface area contributed by atoms with Crippen LogP contribution in [0.4, 0.5) is 0 Å². The molecule has 0 saturated carbocycles. The highest BCUT2D eigenvalue weighted by Crippen LogP contribution is 2.16. The molecule has 0 aromatic rings. The van der Waals surface area contributed by atoms with E-state index in [-0.39, 0.29) is 17.8 Å². The van der Waals surface area contributed by atoms with Gasteiger partial charge in [-0.2, -0.15) is 0 Å². The topological polar surface area (TPSA) is 62.9 Å². The standard InChI is InChI=1S/C16H35NO4/c1-6-19-15(12-18-10-7-9-17)13-21-16(4,5)8-11-20-14(2)3/h14-15H,6-13,17H2,1-5H3. The summed E-state index contributed by atoms with van der Waals surface area (Å²) in [6.07, 6.45) is 1.96. The highest BCUT2D eigenvalue weighted by atomic mass is 16.6. The summed E-state index contributed by atoms with van der Waals surface area (Å²) in [4.78, 5) is 0. The van der Waals surface area contributed by atoms with Crippen LogP contribution in [0.2, 0.25) is 0 Å². The lowest BCUT2D eigenvalue weighted by Gasteiger charge is -2.28. The molecule has 1 atom stereocenters. The zero-order chi connectivity index (χ0) is 16.1. The Kier molecular flexibility index (Phi) is 12.2. The van der Waals surface area contributed by atoms with Crippen molar-refractivity contribution in [3.63, 3.8) is 0 Å². The van der Waals surface area contributed by atoms with E-state index in [1.54, 1.807) is 0 Å². The summed E-state index contributed by atoms with van der Waals surface area (Å²) in [5.41, 5.74) is 5.22. The van der Waals surface area contributed by atoms with E-state index >= 15 is 0 Å². The predicted molar refractivity (Wildman–Crippen MR) is 85.6 cm³/mol. The fourth-order valence-electron chi connectivity index (χ4n) is 1.71. The van der Waals surface area contributed by atoms with E-state index in [1.807, 2.05) is 20.8 Å². The van der Waals surface area contributed by atoms with Crippen molar-refractivity contribution in [2.45, 2.75) is 65.3 Å². The maximum atomic E-state index is 5.97. The molecule has 0 aliphatic rings. The minimum Gasteiger partial charge on any atom is -0.379 e. The van der Waals surface area contributed by atoms with Gasteiger partial charge in [0.2, 0.25) is 0 Å². The molecule has 5 heteroatoms. The first-order valence-corrected chi connectivity index (χ1v) is 8.06. The van der Waals surface area contributed by atoms with Crippen LogP contribution in [-0.2, 0) is 18.9 Å². The van der Waals surface area contributed by atoms with Gasteiger partial charge in [0.05, 0.1) is 24.9 Å². The molecule has 128 valence electrons. The summed E-state index contributed by atoms with van der Waals surface area (Å²) in [6.45, 7) is 14.0. The van der Waals surface area contributed by atoms with Crippen molar-refractivity contribution in [2.75, 3.05) is 39.6 Å². The quantitative estimate of drug-likeness (QED) is 0.499. The summed E-state index contributed by atoms with van der Waals surface area (Å²) < 4.78 is 22.8. The summed E-state index contributed by atoms with van der Waals surface area (Å²) in [7, 11) is 0. The minimum atomic E-state index is -0.221. The Morgan fingerprint density at radius 3 is 2.33 bits per heavy atom. The largest absolute Gasteiger partial charge is 0.379 e. The third-order valence-corrected chi connectivity index (χ3v) is 3.01. The SMILES string of the molecule is CCOC(COCCCN)COC(C)(C)CCOC(C)C. The van der Waals surface area contributed by atoms with Gasteiger partial charge in [0.25, 0.3) is 0 Å². The molecule has 0 aromatic heterocycles. The lowest BCUT2D eigenvalue weighted by atomic mass is 10.1. The zero-order valence-corrected chi connectivity index (χ0v) is 14.5. The predicted octanol–water partition coefficient (Wildman–Crippen LogP) is 2.37. The van der Waals surface area contributed by atoms with Gasteiger partial charge >= 0.3 is 0 Å². The summed E-state index contributed by atoms with van der Waals surface area (Å²) in [6, 6.07) is 0. The molecule has 0 heterocycles. The lowest BCUT2D eigenvalue weighted by Crippen LogP contribution is -2.34. The molecule has 0 aliphatic heterocycles. The van der Waals surface area contributed by atoms with E-state index in [2.05, 4.69) is 13.8 Å². The van der Waals surface area contributed by atoms with Crippen molar-refractivity contribution in [3.8, 4) is 0 Å². The molecular weight excluding hydrogens is 270 g/mol. The Bertz CT molecular complexity index is 234. The van der Waals surface area contributed by atoms with Crippen molar-refractivity contribution in [2.24, 2.45) is 5.73 Å². The van der Waals surface area contributed by atoms with Gasteiger partial charge in [-0.3, -0.25) is 0 Å². The second-order valence-corrected chi connectivity index (χ2v) is 6.03. The first-order chi connectivity index (χ1) is 9.91. The molecule has 0 aliphatic carbocycles. The smallest absolute Gasteiger partial charge is 0.104 e. The third kappa shape index (κ3) is 13.2. The van der Waals surface area contributed by atoms with Crippen LogP contribution in [0.15, 0.2) is 0 Å². The molecule has 21 heavy (non-hydrogen) atoms. The highest BCUT2D eigenvalue weighted by Gasteiger charge is 2.21. The van der Waals surface area contributed by atoms with E-state index in [1.165, 1.54) is 0 Å². The average Bonchev–Trinajstić information content (AvgIpc) is 2.40. The fourth-order valence-corrected chi connectivity index (χ4v) is 1.71. The van der Waals surface area contributed by atoms with Crippen LogP contribution in [-0.4, -0.2) is 57.4 Å². The number of nitrogens with two attached hydrogens (primary N) is 1. The average molecular weight is 305 g/mol. The van der Waals surface area contributed by atoms with Crippen LogP contribution < -0.4 is 5.73 Å². The first kappa shape index (κ1) is 20.8. The second kappa shape index (κ2) is 12.4. The molecule has 0 bridgehead atoms. The highest BCUT2D eigenvalue weighted by molar-refractivity contribution is 4.70. The van der Waals surface area contributed by atoms with Crippen LogP contribution in [0.25, 0.3) is 0 Å². The number of hydrogen-bond donors (Lipinski definition) is 1. The van der Waals surface area contributed by atoms with Crippen molar-refractivity contribution in [3.05, 3.63) is 0 Å². The van der Waals surface area contributed by atoms with Crippen LogP contribution in [0.1, 0.15) is 47.5 Å². The molecule has 1 unspecified atom stereocenters. The van der Waals surface area contributed by atoms with E-state index in [0.717, 1.165) is 12.8 Å². The maximum absolute atomic E-state index is 5.97. The Hall–Kier alpha value is -0.200. The minimum absolute atomic E-state index is 0.0296. The van der Waals surface area contributed by atoms with Crippen molar-refractivity contribution in [1.29, 1.82) is 0 Å². The summed E-state index contributed by atoms with van der Waals surface area (Å²) >= 11 is 0. The van der Waals surface area contributed by atoms with Crippen molar-refractivity contribution in [1.82, 2.24) is 0 Å². The summed E-state index contributed by atoms with van der Waals surface area (Å²) in [5, 5.41) is 0. The Labute approximate surface area is 130 Å². The maximum Gasteiger partial charge on any atom is 0.104 e. The lowest BCUT2D eigenvalue weighted by molar-refractivity contribution is -0.109. The normalized spacial score (nSPS) is 13.9. The van der Waals surface area contributed by atoms with Crippen LogP contribution >= 0.6 is 0 Å². The van der Waals surface area contributed by atoms with Gasteiger partial charge in [0, 0.05) is 19.8 Å². The molecule has 5 nitrogen and oxygen atoms in total. The number of hydrogen-bond acceptors (Lipinski definition) is 5. The monoisotopic (exact) mass is 305 g/mol. The Balaban J connectivity index is 3.96. The van der Waals surface area contributed by atoms with E-state index in [4.69, 9.17) is 24.7 Å². The van der Waals surface area contributed by atoms with Crippen molar-refractivity contribution >= 4 is 0 Å².